The van der Waals surface area contributed by atoms with Gasteiger partial charge in [0.25, 0.3) is 0 Å². The van der Waals surface area contributed by atoms with Crippen molar-refractivity contribution in [2.75, 3.05) is 46.6 Å². The molecule has 0 spiro atoms. The molecule has 2 saturated heterocycles. The summed E-state index contributed by atoms with van der Waals surface area (Å²) >= 11 is 0. The molecule has 1 aromatic carbocycles. The first-order chi connectivity index (χ1) is 13.5. The van der Waals surface area contributed by atoms with E-state index in [1.165, 1.54) is 19.2 Å². The molecule has 4 nitrogen and oxygen atoms in total. The Hall–Kier alpha value is -1.67. The zero-order valence-corrected chi connectivity index (χ0v) is 15.9. The van der Waals surface area contributed by atoms with E-state index in [-0.39, 0.29) is 6.04 Å². The van der Waals surface area contributed by atoms with E-state index in [4.69, 9.17) is 4.74 Å². The number of nitrogens with zero attached hydrogens (tertiary/aromatic N) is 2. The summed E-state index contributed by atoms with van der Waals surface area (Å²) in [5.74, 6) is -2.69. The highest BCUT2D eigenvalue weighted by molar-refractivity contribution is 5.74. The maximum atomic E-state index is 14.3. The van der Waals surface area contributed by atoms with E-state index in [2.05, 4.69) is 4.90 Å². The molecule has 0 aliphatic carbocycles. The third-order valence-electron chi connectivity index (χ3n) is 6.10. The van der Waals surface area contributed by atoms with Crippen LogP contribution in [0.25, 0.3) is 0 Å². The molecule has 3 rings (SSSR count). The predicted octanol–water partition coefficient (Wildman–Crippen LogP) is 2.93. The minimum atomic E-state index is -0.707. The molecular weight excluding hydrogens is 376 g/mol. The fourth-order valence-electron chi connectivity index (χ4n) is 4.49. The highest BCUT2D eigenvalue weighted by Gasteiger charge is 2.43. The average molecular weight is 402 g/mol. The summed E-state index contributed by atoms with van der Waals surface area (Å²) in [6, 6.07) is 2.88. The molecule has 2 heterocycles. The minimum absolute atomic E-state index is 0.150. The van der Waals surface area contributed by atoms with Gasteiger partial charge in [-0.25, -0.2) is 17.6 Å². The molecule has 2 fully saturated rings. The van der Waals surface area contributed by atoms with Crippen LogP contribution in [0.2, 0.25) is 0 Å². The summed E-state index contributed by atoms with van der Waals surface area (Å²) in [4.78, 5) is 16.2. The smallest absolute Gasteiger partial charge is 0.310 e. The number of hydrogen-bond acceptors (Lipinski definition) is 4. The summed E-state index contributed by atoms with van der Waals surface area (Å²) in [6.45, 7) is 0.635. The molecule has 0 amide bonds. The Bertz CT molecular complexity index is 678. The van der Waals surface area contributed by atoms with Crippen molar-refractivity contribution in [3.8, 4) is 0 Å². The summed E-state index contributed by atoms with van der Waals surface area (Å²) in [5.41, 5.74) is 0.312. The van der Waals surface area contributed by atoms with Crippen molar-refractivity contribution >= 4 is 5.97 Å². The summed E-state index contributed by atoms with van der Waals surface area (Å²) < 4.78 is 58.4. The van der Waals surface area contributed by atoms with Crippen molar-refractivity contribution in [1.29, 1.82) is 0 Å². The van der Waals surface area contributed by atoms with Crippen molar-refractivity contribution in [1.82, 2.24) is 9.80 Å². The molecule has 8 heteroatoms. The normalized spacial score (nSPS) is 24.8. The Morgan fingerprint density at radius 1 is 1.18 bits per heavy atom. The van der Waals surface area contributed by atoms with Gasteiger partial charge in [-0.05, 0) is 24.5 Å². The Morgan fingerprint density at radius 3 is 2.43 bits per heavy atom. The van der Waals surface area contributed by atoms with Gasteiger partial charge in [0.05, 0.1) is 19.1 Å². The summed E-state index contributed by atoms with van der Waals surface area (Å²) in [6.07, 6.45) is 1.45. The molecule has 156 valence electrons. The van der Waals surface area contributed by atoms with E-state index >= 15 is 0 Å². The van der Waals surface area contributed by atoms with Crippen LogP contribution >= 0.6 is 0 Å². The Morgan fingerprint density at radius 2 is 1.86 bits per heavy atom. The van der Waals surface area contributed by atoms with Crippen LogP contribution in [0.1, 0.15) is 24.3 Å². The lowest BCUT2D eigenvalue weighted by atomic mass is 9.88. The summed E-state index contributed by atoms with van der Waals surface area (Å²) in [7, 11) is 1.30. The third kappa shape index (κ3) is 4.33. The van der Waals surface area contributed by atoms with Gasteiger partial charge in [0.2, 0.25) is 0 Å². The Balaban J connectivity index is 1.72. The minimum Gasteiger partial charge on any atom is -0.469 e. The van der Waals surface area contributed by atoms with Crippen molar-refractivity contribution in [3.63, 3.8) is 0 Å². The van der Waals surface area contributed by atoms with Crippen LogP contribution in [0.5, 0.6) is 0 Å². The molecule has 0 saturated carbocycles. The van der Waals surface area contributed by atoms with Gasteiger partial charge < -0.3 is 4.74 Å². The Labute approximate surface area is 162 Å². The second kappa shape index (κ2) is 9.22. The number of alkyl halides is 2. The lowest BCUT2D eigenvalue weighted by molar-refractivity contribution is -0.145. The molecule has 0 aromatic heterocycles. The molecule has 0 bridgehead atoms. The number of halogens is 4. The maximum Gasteiger partial charge on any atom is 0.310 e. The highest BCUT2D eigenvalue weighted by atomic mass is 19.1. The largest absolute Gasteiger partial charge is 0.469 e. The van der Waals surface area contributed by atoms with Gasteiger partial charge in [-0.15, -0.1) is 0 Å². The molecule has 2 aliphatic heterocycles. The second-order valence-corrected chi connectivity index (χ2v) is 7.59. The number of carbonyl (C=O) groups is 1. The molecule has 0 radical (unpaired) electrons. The van der Waals surface area contributed by atoms with Crippen LogP contribution in [0.15, 0.2) is 18.2 Å². The van der Waals surface area contributed by atoms with Crippen LogP contribution < -0.4 is 0 Å². The number of benzene rings is 1. The lowest BCUT2D eigenvalue weighted by Crippen LogP contribution is -2.49. The summed E-state index contributed by atoms with van der Waals surface area (Å²) in [5, 5.41) is 0. The molecule has 2 aliphatic rings. The number of esters is 1. The van der Waals surface area contributed by atoms with Crippen molar-refractivity contribution in [2.24, 2.45) is 5.92 Å². The first-order valence-corrected chi connectivity index (χ1v) is 9.61. The number of hydrogen-bond donors (Lipinski definition) is 0. The molecule has 0 N–H and O–H groups in total. The first kappa shape index (κ1) is 21.0. The number of rotatable bonds is 6. The van der Waals surface area contributed by atoms with Gasteiger partial charge in [-0.3, -0.25) is 14.6 Å². The van der Waals surface area contributed by atoms with Crippen LogP contribution in [0, 0.1) is 17.6 Å². The van der Waals surface area contributed by atoms with Gasteiger partial charge >= 0.3 is 5.97 Å². The lowest BCUT2D eigenvalue weighted by Gasteiger charge is -2.39. The van der Waals surface area contributed by atoms with Crippen LogP contribution in [0.3, 0.4) is 0 Å². The molecule has 2 atom stereocenters. The zero-order valence-electron chi connectivity index (χ0n) is 15.9. The maximum absolute atomic E-state index is 14.3. The van der Waals surface area contributed by atoms with Gasteiger partial charge in [0, 0.05) is 44.2 Å². The van der Waals surface area contributed by atoms with Gasteiger partial charge in [0.15, 0.2) is 0 Å². The van der Waals surface area contributed by atoms with Crippen LogP contribution in [-0.4, -0.2) is 74.5 Å². The standard InChI is InChI=1S/C20H26F4N2O2/c1-28-20(27)18-12-26(11-17(18)16-3-2-13(23)8-19(16)24)14-4-6-25(7-5-14)15(9-21)10-22/h2-3,8,14-15,17-18H,4-7,9-12H2,1H3/t17-,18+/m0/s1. The number of methoxy groups -OCH3 is 1. The number of carbonyl (C=O) groups excluding carboxylic acids is 1. The average Bonchev–Trinajstić information content (AvgIpc) is 3.14. The van der Waals surface area contributed by atoms with E-state index in [9.17, 15) is 22.4 Å². The van der Waals surface area contributed by atoms with Gasteiger partial charge in [0.1, 0.15) is 25.0 Å². The number of piperidine rings is 1. The van der Waals surface area contributed by atoms with Crippen molar-refractivity contribution in [3.05, 3.63) is 35.4 Å². The fourth-order valence-corrected chi connectivity index (χ4v) is 4.49. The molecule has 1 aromatic rings. The van der Waals surface area contributed by atoms with Crippen LogP contribution in [-0.2, 0) is 9.53 Å². The van der Waals surface area contributed by atoms with Crippen molar-refractivity contribution < 1.29 is 27.1 Å². The van der Waals surface area contributed by atoms with Gasteiger partial charge in [-0.1, -0.05) is 6.07 Å². The SMILES string of the molecule is COC(=O)[C@@H]1CN(C2CCN(C(CF)CF)CC2)C[C@H]1c1ccc(F)cc1F. The predicted molar refractivity (Wildman–Crippen MR) is 96.5 cm³/mol. The van der Waals surface area contributed by atoms with Crippen molar-refractivity contribution in [2.45, 2.75) is 30.8 Å². The van der Waals surface area contributed by atoms with E-state index in [1.807, 2.05) is 4.90 Å². The topological polar surface area (TPSA) is 32.8 Å². The van der Waals surface area contributed by atoms with E-state index in [0.29, 0.717) is 31.7 Å². The Kier molecular flexibility index (Phi) is 6.93. The molecule has 0 unspecified atom stereocenters. The zero-order chi connectivity index (χ0) is 20.3. The highest BCUT2D eigenvalue weighted by Crippen LogP contribution is 2.37. The second-order valence-electron chi connectivity index (χ2n) is 7.59. The van der Waals surface area contributed by atoms with E-state index in [0.717, 1.165) is 18.9 Å². The number of ether oxygens (including phenoxy) is 1. The van der Waals surface area contributed by atoms with E-state index in [1.54, 1.807) is 0 Å². The molecule has 28 heavy (non-hydrogen) atoms. The van der Waals surface area contributed by atoms with Gasteiger partial charge in [-0.2, -0.15) is 0 Å². The van der Waals surface area contributed by atoms with E-state index < -0.39 is 48.8 Å². The fraction of sp³-hybridized carbons (Fsp3) is 0.650. The molecular formula is C20H26F4N2O2. The monoisotopic (exact) mass is 402 g/mol. The number of likely N-dealkylation sites (tertiary alicyclic amines) is 2. The third-order valence-corrected chi connectivity index (χ3v) is 6.10. The first-order valence-electron chi connectivity index (χ1n) is 9.61. The quantitative estimate of drug-likeness (QED) is 0.541. The van der Waals surface area contributed by atoms with Crippen LogP contribution in [0.4, 0.5) is 17.6 Å².